The van der Waals surface area contributed by atoms with Gasteiger partial charge >= 0.3 is 0 Å². The molecular formula is C33H28N4O3. The zero-order valence-corrected chi connectivity index (χ0v) is 21.9. The Morgan fingerprint density at radius 1 is 0.950 bits per heavy atom. The Kier molecular flexibility index (Phi) is 5.82. The van der Waals surface area contributed by atoms with Crippen molar-refractivity contribution in [2.45, 2.75) is 37.3 Å². The third kappa shape index (κ3) is 4.19. The topological polar surface area (TPSA) is 99.2 Å². The van der Waals surface area contributed by atoms with E-state index in [4.69, 9.17) is 4.98 Å². The first-order valence-corrected chi connectivity index (χ1v) is 13.6. The molecule has 1 amide bonds. The Morgan fingerprint density at radius 2 is 1.75 bits per heavy atom. The van der Waals surface area contributed by atoms with Crippen molar-refractivity contribution >= 4 is 16.8 Å². The fraction of sp³-hybridized carbons (Fsp3) is 0.212. The molecule has 0 radical (unpaired) electrons. The number of H-pyrrole nitrogens is 1. The number of fused-ring (bicyclic) bond motifs is 2. The highest BCUT2D eigenvalue weighted by atomic mass is 16.3. The van der Waals surface area contributed by atoms with E-state index in [-0.39, 0.29) is 17.5 Å². The molecule has 1 unspecified atom stereocenters. The number of carbonyl (C=O) groups is 1. The first-order chi connectivity index (χ1) is 19.5. The lowest BCUT2D eigenvalue weighted by atomic mass is 9.94. The molecule has 1 saturated carbocycles. The van der Waals surface area contributed by atoms with Gasteiger partial charge in [0.1, 0.15) is 5.82 Å². The second-order valence-corrected chi connectivity index (χ2v) is 10.7. The third-order valence-electron chi connectivity index (χ3n) is 8.27. The maximum absolute atomic E-state index is 13.4. The summed E-state index contributed by atoms with van der Waals surface area (Å²) in [4.78, 5) is 40.6. The van der Waals surface area contributed by atoms with Crippen molar-refractivity contribution in [1.29, 1.82) is 0 Å². The number of rotatable bonds is 5. The van der Waals surface area contributed by atoms with Crippen molar-refractivity contribution in [3.05, 3.63) is 130 Å². The molecule has 1 atom stereocenters. The van der Waals surface area contributed by atoms with Gasteiger partial charge in [-0.25, -0.2) is 4.98 Å². The van der Waals surface area contributed by atoms with Crippen molar-refractivity contribution < 1.29 is 9.90 Å². The van der Waals surface area contributed by atoms with Crippen LogP contribution in [0.3, 0.4) is 0 Å². The van der Waals surface area contributed by atoms with Crippen LogP contribution in [0.1, 0.15) is 47.2 Å². The number of amides is 1. The van der Waals surface area contributed by atoms with E-state index in [0.29, 0.717) is 29.9 Å². The van der Waals surface area contributed by atoms with Crippen LogP contribution in [-0.2, 0) is 23.2 Å². The number of aliphatic hydroxyl groups excluding tert-OH is 1. The highest BCUT2D eigenvalue weighted by Crippen LogP contribution is 2.52. The van der Waals surface area contributed by atoms with E-state index >= 15 is 0 Å². The molecule has 3 heterocycles. The van der Waals surface area contributed by atoms with Gasteiger partial charge in [0.2, 0.25) is 0 Å². The number of pyridine rings is 1. The first kappa shape index (κ1) is 24.4. The molecule has 2 aromatic heterocycles. The van der Waals surface area contributed by atoms with Crippen LogP contribution in [0.4, 0.5) is 0 Å². The van der Waals surface area contributed by atoms with Crippen molar-refractivity contribution in [1.82, 2.24) is 19.9 Å². The number of carbonyl (C=O) groups excluding carboxylic acids is 1. The Bertz CT molecular complexity index is 1810. The fourth-order valence-corrected chi connectivity index (χ4v) is 5.82. The SMILES string of the molecule is O=C(C(O)c1cccc(-c2cnc3ccccc3c2)c1)N1CCc2nc(C3(c4ccccc4)CC3)[nH]c(=O)c2C1. The normalized spacial score (nSPS) is 16.4. The first-order valence-electron chi connectivity index (χ1n) is 13.6. The molecular weight excluding hydrogens is 500 g/mol. The van der Waals surface area contributed by atoms with Gasteiger partial charge in [0.05, 0.1) is 28.7 Å². The monoisotopic (exact) mass is 528 g/mol. The molecule has 1 aliphatic heterocycles. The van der Waals surface area contributed by atoms with E-state index in [1.165, 1.54) is 0 Å². The van der Waals surface area contributed by atoms with E-state index in [1.54, 1.807) is 17.2 Å². The van der Waals surface area contributed by atoms with Crippen LogP contribution >= 0.6 is 0 Å². The number of para-hydroxylation sites is 1. The zero-order chi connectivity index (χ0) is 27.3. The van der Waals surface area contributed by atoms with Crippen LogP contribution in [0.2, 0.25) is 0 Å². The molecule has 7 nitrogen and oxygen atoms in total. The summed E-state index contributed by atoms with van der Waals surface area (Å²) < 4.78 is 0. The molecule has 7 rings (SSSR count). The van der Waals surface area contributed by atoms with Crippen LogP contribution in [0.5, 0.6) is 0 Å². The molecule has 3 aromatic carbocycles. The van der Waals surface area contributed by atoms with E-state index in [0.717, 1.165) is 46.1 Å². The molecule has 2 aliphatic rings. The van der Waals surface area contributed by atoms with Crippen LogP contribution in [0, 0.1) is 0 Å². The highest BCUT2D eigenvalue weighted by Gasteiger charge is 2.48. The van der Waals surface area contributed by atoms with Crippen LogP contribution in [-0.4, -0.2) is 37.4 Å². The summed E-state index contributed by atoms with van der Waals surface area (Å²) in [5, 5.41) is 12.1. The fourth-order valence-electron chi connectivity index (χ4n) is 5.82. The molecule has 0 bridgehead atoms. The molecule has 0 spiro atoms. The Morgan fingerprint density at radius 3 is 2.58 bits per heavy atom. The van der Waals surface area contributed by atoms with E-state index in [9.17, 15) is 14.7 Å². The van der Waals surface area contributed by atoms with E-state index in [1.807, 2.05) is 66.7 Å². The van der Waals surface area contributed by atoms with Gasteiger partial charge in [-0.2, -0.15) is 0 Å². The summed E-state index contributed by atoms with van der Waals surface area (Å²) in [6.45, 7) is 0.520. The van der Waals surface area contributed by atoms with Crippen LogP contribution < -0.4 is 5.56 Å². The highest BCUT2D eigenvalue weighted by molar-refractivity contribution is 5.85. The van der Waals surface area contributed by atoms with Gasteiger partial charge in [-0.3, -0.25) is 14.6 Å². The summed E-state index contributed by atoms with van der Waals surface area (Å²) in [5.74, 6) is 0.285. The number of benzene rings is 3. The second kappa shape index (κ2) is 9.54. The van der Waals surface area contributed by atoms with Crippen molar-refractivity contribution in [2.24, 2.45) is 0 Å². The molecule has 40 heavy (non-hydrogen) atoms. The predicted molar refractivity (Wildman–Crippen MR) is 153 cm³/mol. The largest absolute Gasteiger partial charge is 0.378 e. The molecule has 2 N–H and O–H groups in total. The van der Waals surface area contributed by atoms with Crippen LogP contribution in [0.15, 0.2) is 95.9 Å². The van der Waals surface area contributed by atoms with Crippen molar-refractivity contribution in [2.75, 3.05) is 6.54 Å². The minimum atomic E-state index is -1.34. The summed E-state index contributed by atoms with van der Waals surface area (Å²) in [7, 11) is 0. The summed E-state index contributed by atoms with van der Waals surface area (Å²) in [6, 6.07) is 27.5. The average Bonchev–Trinajstić information content (AvgIpc) is 3.83. The Labute approximate surface area is 231 Å². The molecule has 7 heteroatoms. The Hall–Kier alpha value is -4.62. The minimum Gasteiger partial charge on any atom is -0.378 e. The number of hydrogen-bond acceptors (Lipinski definition) is 5. The number of hydrogen-bond donors (Lipinski definition) is 2. The smallest absolute Gasteiger partial charge is 0.256 e. The predicted octanol–water partition coefficient (Wildman–Crippen LogP) is 4.68. The van der Waals surface area contributed by atoms with Gasteiger partial charge < -0.3 is 15.0 Å². The quantitative estimate of drug-likeness (QED) is 0.345. The average molecular weight is 529 g/mol. The number of aliphatic hydroxyl groups is 1. The minimum absolute atomic E-state index is 0.125. The standard InChI is InChI=1S/C33H28N4O3/c38-29(23-9-6-8-21(17-23)24-18-22-7-4-5-12-27(22)34-19-24)31(40)37-16-13-28-26(20-37)30(39)36-32(35-28)33(14-15-33)25-10-2-1-3-11-25/h1-12,17-19,29,38H,13-16,20H2,(H,35,36,39). The van der Waals surface area contributed by atoms with Gasteiger partial charge in [-0.15, -0.1) is 0 Å². The van der Waals surface area contributed by atoms with Crippen molar-refractivity contribution in [3.63, 3.8) is 0 Å². The number of nitrogens with zero attached hydrogens (tertiary/aromatic N) is 3. The van der Waals surface area contributed by atoms with Gasteiger partial charge in [0.25, 0.3) is 11.5 Å². The number of nitrogens with one attached hydrogen (secondary N) is 1. The molecule has 198 valence electrons. The zero-order valence-electron chi connectivity index (χ0n) is 21.9. The summed E-state index contributed by atoms with van der Waals surface area (Å²) >= 11 is 0. The molecule has 5 aromatic rings. The lowest BCUT2D eigenvalue weighted by Gasteiger charge is -2.30. The van der Waals surface area contributed by atoms with Crippen LogP contribution in [0.25, 0.3) is 22.0 Å². The van der Waals surface area contributed by atoms with Gasteiger partial charge in [0.15, 0.2) is 6.10 Å². The van der Waals surface area contributed by atoms with E-state index in [2.05, 4.69) is 22.1 Å². The van der Waals surface area contributed by atoms with Crippen molar-refractivity contribution in [3.8, 4) is 11.1 Å². The maximum atomic E-state index is 13.4. The van der Waals surface area contributed by atoms with Gasteiger partial charge in [-0.1, -0.05) is 66.7 Å². The lowest BCUT2D eigenvalue weighted by molar-refractivity contribution is -0.141. The lowest BCUT2D eigenvalue weighted by Crippen LogP contribution is -2.42. The number of aromatic amines is 1. The second-order valence-electron chi connectivity index (χ2n) is 10.7. The maximum Gasteiger partial charge on any atom is 0.256 e. The molecule has 0 saturated heterocycles. The number of aromatic nitrogens is 3. The molecule has 1 aliphatic carbocycles. The summed E-state index contributed by atoms with van der Waals surface area (Å²) in [6.07, 6.45) is 2.83. The van der Waals surface area contributed by atoms with Gasteiger partial charge in [-0.05, 0) is 47.7 Å². The summed E-state index contributed by atoms with van der Waals surface area (Å²) in [5.41, 5.74) is 5.15. The Balaban J connectivity index is 1.12. The van der Waals surface area contributed by atoms with Gasteiger partial charge in [0, 0.05) is 30.1 Å². The molecule has 1 fully saturated rings. The third-order valence-corrected chi connectivity index (χ3v) is 8.27. The van der Waals surface area contributed by atoms with E-state index < -0.39 is 12.0 Å².